The number of hydrogen-bond acceptors (Lipinski definition) is 6. The summed E-state index contributed by atoms with van der Waals surface area (Å²) in [7, 11) is -2.59. The second kappa shape index (κ2) is 8.06. The van der Waals surface area contributed by atoms with Crippen molar-refractivity contribution < 1.29 is 18.1 Å². The van der Waals surface area contributed by atoms with Gasteiger partial charge >= 0.3 is 5.69 Å². The highest BCUT2D eigenvalue weighted by Gasteiger charge is 2.24. The van der Waals surface area contributed by atoms with Gasteiger partial charge in [0.1, 0.15) is 0 Å². The molecule has 1 rings (SSSR count). The second-order valence-corrected chi connectivity index (χ2v) is 6.50. The molecule has 1 unspecified atom stereocenters. The molecular weight excluding hydrogens is 310 g/mol. The molecule has 0 heterocycles. The summed E-state index contributed by atoms with van der Waals surface area (Å²) in [5, 5.41) is 11.0. The van der Waals surface area contributed by atoms with E-state index in [1.54, 1.807) is 0 Å². The van der Waals surface area contributed by atoms with Gasteiger partial charge in [0.15, 0.2) is 5.75 Å². The van der Waals surface area contributed by atoms with Gasteiger partial charge in [0, 0.05) is 18.7 Å². The van der Waals surface area contributed by atoms with Crippen molar-refractivity contribution in [2.45, 2.75) is 37.1 Å². The lowest BCUT2D eigenvalue weighted by atomic mass is 10.1. The molecule has 8 nitrogen and oxygen atoms in total. The van der Waals surface area contributed by atoms with Crippen molar-refractivity contribution in [1.82, 2.24) is 4.72 Å². The minimum absolute atomic E-state index is 0.00491. The van der Waals surface area contributed by atoms with E-state index in [9.17, 15) is 18.5 Å². The van der Waals surface area contributed by atoms with Crippen molar-refractivity contribution >= 4 is 15.7 Å². The standard InChI is InChI=1S/C13H21N3O5S/c1-3-4-5-10(9-14)15-22(19,20)11-6-7-13(21-2)12(8-11)16(17)18/h6-8,10,15H,3-5,9,14H2,1-2H3. The molecule has 22 heavy (non-hydrogen) atoms. The third-order valence-electron chi connectivity index (χ3n) is 3.17. The van der Waals surface area contributed by atoms with Crippen molar-refractivity contribution in [2.75, 3.05) is 13.7 Å². The van der Waals surface area contributed by atoms with Crippen molar-refractivity contribution in [3.63, 3.8) is 0 Å². The fourth-order valence-electron chi connectivity index (χ4n) is 1.94. The smallest absolute Gasteiger partial charge is 0.312 e. The molecule has 0 aliphatic rings. The SMILES string of the molecule is CCCCC(CN)NS(=O)(=O)c1ccc(OC)c([N+](=O)[O-])c1. The molecule has 1 aromatic rings. The largest absolute Gasteiger partial charge is 0.490 e. The van der Waals surface area contributed by atoms with Gasteiger partial charge in [0.05, 0.1) is 16.9 Å². The fraction of sp³-hybridized carbons (Fsp3) is 0.538. The molecule has 0 spiro atoms. The van der Waals surface area contributed by atoms with E-state index in [1.165, 1.54) is 19.2 Å². The van der Waals surface area contributed by atoms with Gasteiger partial charge in [0.2, 0.25) is 10.0 Å². The summed E-state index contributed by atoms with van der Waals surface area (Å²) >= 11 is 0. The van der Waals surface area contributed by atoms with Gasteiger partial charge in [0.25, 0.3) is 0 Å². The molecule has 0 bridgehead atoms. The summed E-state index contributed by atoms with van der Waals surface area (Å²) in [6.07, 6.45) is 2.38. The molecule has 1 atom stereocenters. The van der Waals surface area contributed by atoms with Crippen LogP contribution in [-0.2, 0) is 10.0 Å². The van der Waals surface area contributed by atoms with Gasteiger partial charge in [-0.15, -0.1) is 0 Å². The van der Waals surface area contributed by atoms with Crippen LogP contribution in [0.25, 0.3) is 0 Å². The zero-order chi connectivity index (χ0) is 16.8. The van der Waals surface area contributed by atoms with Crippen LogP contribution in [-0.4, -0.2) is 33.0 Å². The van der Waals surface area contributed by atoms with Gasteiger partial charge in [-0.05, 0) is 18.6 Å². The maximum atomic E-state index is 12.3. The lowest BCUT2D eigenvalue weighted by molar-refractivity contribution is -0.386. The number of hydrogen-bond donors (Lipinski definition) is 2. The Morgan fingerprint density at radius 3 is 2.64 bits per heavy atom. The molecule has 1 aromatic carbocycles. The summed E-state index contributed by atoms with van der Waals surface area (Å²) in [6, 6.07) is 3.11. The predicted octanol–water partition coefficient (Wildman–Crippen LogP) is 1.40. The number of unbranched alkanes of at least 4 members (excludes halogenated alkanes) is 1. The Bertz CT molecular complexity index is 618. The van der Waals surface area contributed by atoms with E-state index in [0.717, 1.165) is 18.9 Å². The van der Waals surface area contributed by atoms with Crippen LogP contribution in [0.3, 0.4) is 0 Å². The lowest BCUT2D eigenvalue weighted by Crippen LogP contribution is -2.40. The quantitative estimate of drug-likeness (QED) is 0.520. The number of nitro benzene ring substituents is 1. The Morgan fingerprint density at radius 1 is 1.45 bits per heavy atom. The first-order chi connectivity index (χ1) is 10.4. The van der Waals surface area contributed by atoms with E-state index in [4.69, 9.17) is 10.5 Å². The van der Waals surface area contributed by atoms with Crippen LogP contribution in [0, 0.1) is 10.1 Å². The molecule has 0 fully saturated rings. The number of rotatable bonds is 9. The summed E-state index contributed by atoms with van der Waals surface area (Å²) in [5.74, 6) is 0.00491. The number of benzene rings is 1. The fourth-order valence-corrected chi connectivity index (χ4v) is 3.25. The number of nitrogens with two attached hydrogens (primary N) is 1. The molecule has 3 N–H and O–H groups in total. The van der Waals surface area contributed by atoms with E-state index >= 15 is 0 Å². The molecular formula is C13H21N3O5S. The number of nitrogens with zero attached hydrogens (tertiary/aromatic N) is 1. The predicted molar refractivity (Wildman–Crippen MR) is 82.3 cm³/mol. The Morgan fingerprint density at radius 2 is 2.14 bits per heavy atom. The second-order valence-electron chi connectivity index (χ2n) is 4.79. The van der Waals surface area contributed by atoms with Crippen LogP contribution >= 0.6 is 0 Å². The average molecular weight is 331 g/mol. The Kier molecular flexibility index (Phi) is 6.72. The molecule has 0 aliphatic carbocycles. The average Bonchev–Trinajstić information content (AvgIpc) is 2.50. The number of nitro groups is 1. The number of methoxy groups -OCH3 is 1. The minimum atomic E-state index is -3.87. The maximum Gasteiger partial charge on any atom is 0.312 e. The van der Waals surface area contributed by atoms with Crippen molar-refractivity contribution in [1.29, 1.82) is 0 Å². The van der Waals surface area contributed by atoms with Gasteiger partial charge < -0.3 is 10.5 Å². The van der Waals surface area contributed by atoms with E-state index < -0.39 is 26.7 Å². The molecule has 0 aromatic heterocycles. The van der Waals surface area contributed by atoms with E-state index in [-0.39, 0.29) is 17.2 Å². The number of sulfonamides is 1. The molecule has 0 saturated heterocycles. The van der Waals surface area contributed by atoms with Gasteiger partial charge in [-0.2, -0.15) is 0 Å². The highest BCUT2D eigenvalue weighted by molar-refractivity contribution is 7.89. The molecule has 9 heteroatoms. The normalized spacial score (nSPS) is 12.9. The number of nitrogens with one attached hydrogen (secondary N) is 1. The first-order valence-corrected chi connectivity index (χ1v) is 8.38. The zero-order valence-corrected chi connectivity index (χ0v) is 13.4. The molecule has 0 aliphatic heterocycles. The van der Waals surface area contributed by atoms with Gasteiger partial charge in [-0.3, -0.25) is 10.1 Å². The third kappa shape index (κ3) is 4.65. The van der Waals surface area contributed by atoms with Crippen LogP contribution in [0.4, 0.5) is 5.69 Å². The van der Waals surface area contributed by atoms with Crippen molar-refractivity contribution in [3.8, 4) is 5.75 Å². The Hall–Kier alpha value is -1.71. The Labute approximate surface area is 129 Å². The van der Waals surface area contributed by atoms with Gasteiger partial charge in [-0.25, -0.2) is 13.1 Å². The van der Waals surface area contributed by atoms with Crippen LogP contribution in [0.5, 0.6) is 5.75 Å². The van der Waals surface area contributed by atoms with Crippen LogP contribution in [0.2, 0.25) is 0 Å². The summed E-state index contributed by atoms with van der Waals surface area (Å²) in [5.41, 5.74) is 5.17. The van der Waals surface area contributed by atoms with Crippen molar-refractivity contribution in [2.24, 2.45) is 5.73 Å². The lowest BCUT2D eigenvalue weighted by Gasteiger charge is -2.16. The summed E-state index contributed by atoms with van der Waals surface area (Å²) < 4.78 is 32.0. The first kappa shape index (κ1) is 18.3. The highest BCUT2D eigenvalue weighted by Crippen LogP contribution is 2.29. The monoisotopic (exact) mass is 331 g/mol. The van der Waals surface area contributed by atoms with E-state index in [1.807, 2.05) is 6.92 Å². The first-order valence-electron chi connectivity index (χ1n) is 6.90. The minimum Gasteiger partial charge on any atom is -0.490 e. The molecule has 0 radical (unpaired) electrons. The third-order valence-corrected chi connectivity index (χ3v) is 4.69. The zero-order valence-electron chi connectivity index (χ0n) is 12.6. The topological polar surface area (TPSA) is 125 Å². The number of ether oxygens (including phenoxy) is 1. The van der Waals surface area contributed by atoms with Crippen LogP contribution in [0.1, 0.15) is 26.2 Å². The summed E-state index contributed by atoms with van der Waals surface area (Å²) in [4.78, 5) is 10.1. The molecule has 0 saturated carbocycles. The Balaban J connectivity index is 3.07. The van der Waals surface area contributed by atoms with Crippen LogP contribution < -0.4 is 15.2 Å². The van der Waals surface area contributed by atoms with Crippen LogP contribution in [0.15, 0.2) is 23.1 Å². The molecule has 124 valence electrons. The van der Waals surface area contributed by atoms with E-state index in [2.05, 4.69) is 4.72 Å². The summed E-state index contributed by atoms with van der Waals surface area (Å²) in [6.45, 7) is 2.16. The maximum absolute atomic E-state index is 12.3. The highest BCUT2D eigenvalue weighted by atomic mass is 32.2. The van der Waals surface area contributed by atoms with Crippen molar-refractivity contribution in [3.05, 3.63) is 28.3 Å². The van der Waals surface area contributed by atoms with Gasteiger partial charge in [-0.1, -0.05) is 19.8 Å². The molecule has 0 amide bonds. The van der Waals surface area contributed by atoms with E-state index in [0.29, 0.717) is 6.42 Å².